The highest BCUT2D eigenvalue weighted by Gasteiger charge is 2.17. The van der Waals surface area contributed by atoms with Crippen molar-refractivity contribution in [1.29, 1.82) is 0 Å². The Morgan fingerprint density at radius 3 is 2.71 bits per heavy atom. The van der Waals surface area contributed by atoms with Gasteiger partial charge < -0.3 is 20.6 Å². The van der Waals surface area contributed by atoms with Crippen molar-refractivity contribution in [2.24, 2.45) is 0 Å². The number of benzene rings is 1. The molecular weight excluding hydrogens is 253 g/mol. The van der Waals surface area contributed by atoms with E-state index < -0.39 is 24.5 Å². The lowest BCUT2D eigenvalue weighted by atomic mass is 10.1. The zero-order chi connectivity index (χ0) is 13.0. The molecule has 4 N–H and O–H groups in total. The molecule has 5 nitrogen and oxygen atoms in total. The molecular formula is C10H11ClFNO4. The number of carbonyl (C=O) groups is 1. The van der Waals surface area contributed by atoms with Crippen molar-refractivity contribution in [3.63, 3.8) is 0 Å². The molecule has 0 fully saturated rings. The van der Waals surface area contributed by atoms with E-state index >= 15 is 0 Å². The highest BCUT2D eigenvalue weighted by Crippen LogP contribution is 2.26. The van der Waals surface area contributed by atoms with Crippen molar-refractivity contribution in [3.05, 3.63) is 28.5 Å². The lowest BCUT2D eigenvalue weighted by Crippen LogP contribution is -2.24. The van der Waals surface area contributed by atoms with E-state index in [1.54, 1.807) is 0 Å². The average molecular weight is 264 g/mol. The zero-order valence-corrected chi connectivity index (χ0v) is 9.41. The predicted molar refractivity (Wildman–Crippen MR) is 60.0 cm³/mol. The topological polar surface area (TPSA) is 89.8 Å². The molecule has 0 amide bonds. The Morgan fingerprint density at radius 1 is 1.53 bits per heavy atom. The molecule has 94 valence electrons. The van der Waals surface area contributed by atoms with Crippen LogP contribution in [0.2, 0.25) is 5.02 Å². The molecule has 0 aliphatic rings. The van der Waals surface area contributed by atoms with Crippen molar-refractivity contribution in [3.8, 4) is 0 Å². The fourth-order valence-corrected chi connectivity index (χ4v) is 1.34. The molecule has 0 spiro atoms. The number of aromatic carboxylic acids is 1. The summed E-state index contributed by atoms with van der Waals surface area (Å²) in [6, 6.07) is 2.29. The van der Waals surface area contributed by atoms with Gasteiger partial charge >= 0.3 is 5.97 Å². The third-order valence-electron chi connectivity index (χ3n) is 2.05. The van der Waals surface area contributed by atoms with Crippen molar-refractivity contribution in [1.82, 2.24) is 0 Å². The van der Waals surface area contributed by atoms with E-state index in [2.05, 4.69) is 5.32 Å². The smallest absolute Gasteiger partial charge is 0.337 e. The molecule has 0 aliphatic heterocycles. The molecule has 0 aliphatic carbocycles. The zero-order valence-electron chi connectivity index (χ0n) is 8.65. The first kappa shape index (κ1) is 13.7. The maximum Gasteiger partial charge on any atom is 0.337 e. The second-order valence-electron chi connectivity index (χ2n) is 3.31. The quantitative estimate of drug-likeness (QED) is 0.635. The van der Waals surface area contributed by atoms with E-state index in [-0.39, 0.29) is 22.8 Å². The van der Waals surface area contributed by atoms with E-state index in [0.717, 1.165) is 12.1 Å². The standard InChI is InChI=1S/C10H11ClFNO4/c11-7-2-1-6(10(16)17)9(8(7)12)13-3-5(15)4-14/h1-2,5,13-15H,3-4H2,(H,16,17). The fourth-order valence-electron chi connectivity index (χ4n) is 1.19. The summed E-state index contributed by atoms with van der Waals surface area (Å²) in [5, 5.41) is 28.7. The first-order chi connectivity index (χ1) is 7.97. The van der Waals surface area contributed by atoms with Crippen LogP contribution in [0.25, 0.3) is 0 Å². The second kappa shape index (κ2) is 5.81. The Morgan fingerprint density at radius 2 is 2.18 bits per heavy atom. The monoisotopic (exact) mass is 263 g/mol. The maximum absolute atomic E-state index is 13.6. The molecule has 7 heteroatoms. The Kier molecular flexibility index (Phi) is 4.68. The van der Waals surface area contributed by atoms with E-state index in [9.17, 15) is 9.18 Å². The number of hydrogen-bond acceptors (Lipinski definition) is 4. The van der Waals surface area contributed by atoms with Gasteiger partial charge in [-0.1, -0.05) is 11.6 Å². The number of aliphatic hydroxyl groups is 2. The van der Waals surface area contributed by atoms with Crippen LogP contribution in [0, 0.1) is 5.82 Å². The van der Waals surface area contributed by atoms with E-state index in [4.69, 9.17) is 26.9 Å². The average Bonchev–Trinajstić information content (AvgIpc) is 2.30. The molecule has 1 atom stereocenters. The largest absolute Gasteiger partial charge is 0.478 e. The molecule has 1 aromatic rings. The van der Waals surface area contributed by atoms with Gasteiger partial charge in [-0.2, -0.15) is 0 Å². The molecule has 0 saturated carbocycles. The summed E-state index contributed by atoms with van der Waals surface area (Å²) in [5.41, 5.74) is -0.602. The Bertz CT molecular complexity index is 427. The maximum atomic E-state index is 13.6. The third kappa shape index (κ3) is 3.29. The first-order valence-corrected chi connectivity index (χ1v) is 5.09. The summed E-state index contributed by atoms with van der Waals surface area (Å²) in [7, 11) is 0. The van der Waals surface area contributed by atoms with E-state index in [0.29, 0.717) is 0 Å². The highest BCUT2D eigenvalue weighted by atomic mass is 35.5. The minimum absolute atomic E-state index is 0.186. The van der Waals surface area contributed by atoms with Crippen LogP contribution in [-0.2, 0) is 0 Å². The van der Waals surface area contributed by atoms with Gasteiger partial charge in [0.15, 0.2) is 5.82 Å². The number of rotatable bonds is 5. The van der Waals surface area contributed by atoms with Crippen LogP contribution >= 0.6 is 11.6 Å². The summed E-state index contributed by atoms with van der Waals surface area (Å²) < 4.78 is 13.6. The van der Waals surface area contributed by atoms with Gasteiger partial charge in [0.2, 0.25) is 0 Å². The fraction of sp³-hybridized carbons (Fsp3) is 0.300. The highest BCUT2D eigenvalue weighted by molar-refractivity contribution is 6.31. The van der Waals surface area contributed by atoms with Crippen LogP contribution in [0.4, 0.5) is 10.1 Å². The van der Waals surface area contributed by atoms with Gasteiger partial charge in [0.05, 0.1) is 29.0 Å². The van der Waals surface area contributed by atoms with Gasteiger partial charge in [0.1, 0.15) is 0 Å². The van der Waals surface area contributed by atoms with Gasteiger partial charge in [-0.25, -0.2) is 9.18 Å². The SMILES string of the molecule is O=C(O)c1ccc(Cl)c(F)c1NCC(O)CO. The molecule has 0 saturated heterocycles. The number of hydrogen-bond donors (Lipinski definition) is 4. The number of anilines is 1. The van der Waals surface area contributed by atoms with Crippen LogP contribution in [0.5, 0.6) is 0 Å². The number of carboxylic acids is 1. The minimum Gasteiger partial charge on any atom is -0.478 e. The first-order valence-electron chi connectivity index (χ1n) is 4.71. The van der Waals surface area contributed by atoms with Gasteiger partial charge in [0, 0.05) is 6.54 Å². The number of halogens is 2. The van der Waals surface area contributed by atoms with Crippen LogP contribution in [0.3, 0.4) is 0 Å². The molecule has 1 rings (SSSR count). The lowest BCUT2D eigenvalue weighted by Gasteiger charge is -2.13. The van der Waals surface area contributed by atoms with Gasteiger partial charge in [-0.15, -0.1) is 0 Å². The second-order valence-corrected chi connectivity index (χ2v) is 3.71. The van der Waals surface area contributed by atoms with Gasteiger partial charge in [-0.05, 0) is 12.1 Å². The van der Waals surface area contributed by atoms with Crippen LogP contribution in [-0.4, -0.2) is 40.5 Å². The molecule has 0 aromatic heterocycles. The third-order valence-corrected chi connectivity index (χ3v) is 2.34. The predicted octanol–water partition coefficient (Wildman–Crippen LogP) is 0.942. The molecule has 0 heterocycles. The number of nitrogens with one attached hydrogen (secondary N) is 1. The molecule has 0 bridgehead atoms. The number of aliphatic hydroxyl groups excluding tert-OH is 2. The van der Waals surface area contributed by atoms with Gasteiger partial charge in [-0.3, -0.25) is 0 Å². The van der Waals surface area contributed by atoms with Crippen LogP contribution in [0.1, 0.15) is 10.4 Å². The normalized spacial score (nSPS) is 12.2. The van der Waals surface area contributed by atoms with Crippen LogP contribution in [0.15, 0.2) is 12.1 Å². The lowest BCUT2D eigenvalue weighted by molar-refractivity contribution is 0.0697. The van der Waals surface area contributed by atoms with Crippen molar-refractivity contribution in [2.75, 3.05) is 18.5 Å². The summed E-state index contributed by atoms with van der Waals surface area (Å²) in [6.07, 6.45) is -1.12. The van der Waals surface area contributed by atoms with Crippen molar-refractivity contribution in [2.45, 2.75) is 6.10 Å². The minimum atomic E-state index is -1.32. The Labute approximate surface area is 101 Å². The summed E-state index contributed by atoms with van der Waals surface area (Å²) >= 11 is 5.52. The molecule has 1 unspecified atom stereocenters. The molecule has 1 aromatic carbocycles. The molecule has 0 radical (unpaired) electrons. The number of carboxylic acid groups (broad SMARTS) is 1. The van der Waals surface area contributed by atoms with Gasteiger partial charge in [0.25, 0.3) is 0 Å². The van der Waals surface area contributed by atoms with E-state index in [1.165, 1.54) is 0 Å². The Hall–Kier alpha value is -1.37. The van der Waals surface area contributed by atoms with Crippen LogP contribution < -0.4 is 5.32 Å². The Balaban J connectivity index is 3.02. The molecule has 17 heavy (non-hydrogen) atoms. The summed E-state index contributed by atoms with van der Waals surface area (Å²) in [5.74, 6) is -2.22. The summed E-state index contributed by atoms with van der Waals surface area (Å²) in [6.45, 7) is -0.703. The summed E-state index contributed by atoms with van der Waals surface area (Å²) in [4.78, 5) is 10.8. The van der Waals surface area contributed by atoms with Crippen molar-refractivity contribution >= 4 is 23.3 Å². The van der Waals surface area contributed by atoms with Crippen molar-refractivity contribution < 1.29 is 24.5 Å². The van der Waals surface area contributed by atoms with E-state index in [1.807, 2.05) is 0 Å².